The second kappa shape index (κ2) is 5.64. The molecule has 2 aromatic rings. The second-order valence-electron chi connectivity index (χ2n) is 4.35. The van der Waals surface area contributed by atoms with Crippen LogP contribution in [0.5, 0.6) is 0 Å². The molecule has 0 saturated carbocycles. The van der Waals surface area contributed by atoms with Crippen LogP contribution < -0.4 is 5.32 Å². The van der Waals surface area contributed by atoms with Gasteiger partial charge in [-0.2, -0.15) is 0 Å². The van der Waals surface area contributed by atoms with E-state index in [0.717, 1.165) is 16.9 Å². The maximum Gasteiger partial charge on any atom is 0.220 e. The van der Waals surface area contributed by atoms with Gasteiger partial charge in [-0.3, -0.25) is 4.79 Å². The van der Waals surface area contributed by atoms with Gasteiger partial charge < -0.3 is 15.4 Å². The van der Waals surface area contributed by atoms with Crippen molar-refractivity contribution in [1.82, 2.24) is 15.3 Å². The van der Waals surface area contributed by atoms with Crippen molar-refractivity contribution in [3.63, 3.8) is 0 Å². The zero-order chi connectivity index (χ0) is 13.0. The number of hydrogen-bond acceptors (Lipinski definition) is 3. The van der Waals surface area contributed by atoms with Crippen molar-refractivity contribution in [1.29, 1.82) is 0 Å². The number of aliphatic hydroxyl groups excluding tert-OH is 1. The number of aromatic nitrogens is 2. The molecule has 18 heavy (non-hydrogen) atoms. The van der Waals surface area contributed by atoms with Crippen LogP contribution >= 0.6 is 0 Å². The SMILES string of the molecule is C[C@H](O)CNC(=O)CCc1nc2ccccc2[nH]1. The minimum Gasteiger partial charge on any atom is -0.392 e. The first-order chi connectivity index (χ1) is 8.65. The lowest BCUT2D eigenvalue weighted by Gasteiger charge is -2.05. The summed E-state index contributed by atoms with van der Waals surface area (Å²) < 4.78 is 0. The van der Waals surface area contributed by atoms with E-state index in [1.807, 2.05) is 24.3 Å². The van der Waals surface area contributed by atoms with Gasteiger partial charge in [0.05, 0.1) is 17.1 Å². The Labute approximate surface area is 105 Å². The van der Waals surface area contributed by atoms with Gasteiger partial charge in [-0.05, 0) is 19.1 Å². The Morgan fingerprint density at radius 2 is 2.28 bits per heavy atom. The van der Waals surface area contributed by atoms with Crippen LogP contribution in [0.2, 0.25) is 0 Å². The summed E-state index contributed by atoms with van der Waals surface area (Å²) in [6.07, 6.45) is 0.424. The van der Waals surface area contributed by atoms with Crippen molar-refractivity contribution >= 4 is 16.9 Å². The number of hydrogen-bond donors (Lipinski definition) is 3. The van der Waals surface area contributed by atoms with Gasteiger partial charge in [0.2, 0.25) is 5.91 Å². The Morgan fingerprint density at radius 3 is 3.00 bits per heavy atom. The number of aryl methyl sites for hydroxylation is 1. The van der Waals surface area contributed by atoms with Gasteiger partial charge in [-0.15, -0.1) is 0 Å². The number of fused-ring (bicyclic) bond motifs is 1. The molecule has 1 amide bonds. The summed E-state index contributed by atoms with van der Waals surface area (Å²) in [5.74, 6) is 0.736. The van der Waals surface area contributed by atoms with Crippen molar-refractivity contribution in [2.75, 3.05) is 6.54 Å². The number of imidazole rings is 1. The minimum atomic E-state index is -0.514. The van der Waals surface area contributed by atoms with Crippen LogP contribution in [-0.2, 0) is 11.2 Å². The average molecular weight is 247 g/mol. The molecule has 0 unspecified atom stereocenters. The largest absolute Gasteiger partial charge is 0.392 e. The van der Waals surface area contributed by atoms with Gasteiger partial charge in [0, 0.05) is 19.4 Å². The van der Waals surface area contributed by atoms with E-state index in [9.17, 15) is 4.79 Å². The molecule has 2 rings (SSSR count). The van der Waals surface area contributed by atoms with Gasteiger partial charge >= 0.3 is 0 Å². The average Bonchev–Trinajstić information content (AvgIpc) is 2.76. The van der Waals surface area contributed by atoms with Crippen molar-refractivity contribution in [2.24, 2.45) is 0 Å². The smallest absolute Gasteiger partial charge is 0.220 e. The van der Waals surface area contributed by atoms with E-state index in [4.69, 9.17) is 5.11 Å². The molecule has 5 heteroatoms. The Balaban J connectivity index is 1.88. The number of nitrogens with one attached hydrogen (secondary N) is 2. The van der Waals surface area contributed by atoms with Gasteiger partial charge in [-0.25, -0.2) is 4.98 Å². The number of rotatable bonds is 5. The first kappa shape index (κ1) is 12.6. The lowest BCUT2D eigenvalue weighted by Crippen LogP contribution is -2.30. The zero-order valence-corrected chi connectivity index (χ0v) is 10.3. The molecule has 0 radical (unpaired) electrons. The van der Waals surface area contributed by atoms with Crippen LogP contribution in [0.4, 0.5) is 0 Å². The van der Waals surface area contributed by atoms with Crippen LogP contribution in [0.25, 0.3) is 11.0 Å². The minimum absolute atomic E-state index is 0.0728. The number of aromatic amines is 1. The van der Waals surface area contributed by atoms with Crippen LogP contribution in [0.15, 0.2) is 24.3 Å². The highest BCUT2D eigenvalue weighted by Crippen LogP contribution is 2.11. The fourth-order valence-electron chi connectivity index (χ4n) is 1.71. The number of nitrogens with zero attached hydrogens (tertiary/aromatic N) is 1. The number of benzene rings is 1. The first-order valence-electron chi connectivity index (χ1n) is 6.03. The van der Waals surface area contributed by atoms with Gasteiger partial charge in [0.25, 0.3) is 0 Å². The van der Waals surface area contributed by atoms with E-state index >= 15 is 0 Å². The molecule has 1 aromatic heterocycles. The number of aliphatic hydroxyl groups is 1. The number of amides is 1. The highest BCUT2D eigenvalue weighted by Gasteiger charge is 2.06. The van der Waals surface area contributed by atoms with Crippen molar-refractivity contribution in [3.8, 4) is 0 Å². The van der Waals surface area contributed by atoms with E-state index in [-0.39, 0.29) is 5.91 Å². The van der Waals surface area contributed by atoms with Crippen LogP contribution in [-0.4, -0.2) is 33.6 Å². The topological polar surface area (TPSA) is 78.0 Å². The normalized spacial score (nSPS) is 12.6. The summed E-state index contributed by atoms with van der Waals surface area (Å²) in [6, 6.07) is 7.77. The zero-order valence-electron chi connectivity index (χ0n) is 10.3. The number of carbonyl (C=O) groups excluding carboxylic acids is 1. The molecule has 0 aliphatic carbocycles. The molecule has 0 aliphatic rings. The van der Waals surface area contributed by atoms with Crippen LogP contribution in [0.3, 0.4) is 0 Å². The third kappa shape index (κ3) is 3.30. The summed E-state index contributed by atoms with van der Waals surface area (Å²) in [6.45, 7) is 1.93. The summed E-state index contributed by atoms with van der Waals surface area (Å²) >= 11 is 0. The number of H-pyrrole nitrogens is 1. The second-order valence-corrected chi connectivity index (χ2v) is 4.35. The Kier molecular flexibility index (Phi) is 3.94. The summed E-state index contributed by atoms with van der Waals surface area (Å²) in [7, 11) is 0. The predicted molar refractivity (Wildman–Crippen MR) is 69.1 cm³/mol. The molecular weight excluding hydrogens is 230 g/mol. The van der Waals surface area contributed by atoms with Gasteiger partial charge in [0.1, 0.15) is 5.82 Å². The summed E-state index contributed by atoms with van der Waals surface area (Å²) in [5, 5.41) is 11.7. The van der Waals surface area contributed by atoms with E-state index in [1.54, 1.807) is 6.92 Å². The quantitative estimate of drug-likeness (QED) is 0.737. The lowest BCUT2D eigenvalue weighted by atomic mass is 10.3. The third-order valence-corrected chi connectivity index (χ3v) is 2.62. The Bertz CT molecular complexity index is 501. The predicted octanol–water partition coefficient (Wildman–Crippen LogP) is 0.992. The summed E-state index contributed by atoms with van der Waals surface area (Å²) in [4.78, 5) is 19.0. The van der Waals surface area contributed by atoms with Gasteiger partial charge in [-0.1, -0.05) is 12.1 Å². The van der Waals surface area contributed by atoms with Crippen molar-refractivity contribution in [3.05, 3.63) is 30.1 Å². The van der Waals surface area contributed by atoms with Crippen molar-refractivity contribution < 1.29 is 9.90 Å². The molecule has 0 spiro atoms. The van der Waals surface area contributed by atoms with Crippen LogP contribution in [0, 0.1) is 0 Å². The molecule has 0 saturated heterocycles. The molecule has 0 bridgehead atoms. The fraction of sp³-hybridized carbons (Fsp3) is 0.385. The highest BCUT2D eigenvalue weighted by molar-refractivity contribution is 5.77. The van der Waals surface area contributed by atoms with E-state index < -0.39 is 6.10 Å². The monoisotopic (exact) mass is 247 g/mol. The molecule has 3 N–H and O–H groups in total. The molecule has 1 atom stereocenters. The number of para-hydroxylation sites is 2. The summed E-state index contributed by atoms with van der Waals surface area (Å²) in [5.41, 5.74) is 1.90. The molecule has 5 nitrogen and oxygen atoms in total. The maximum absolute atomic E-state index is 11.5. The maximum atomic E-state index is 11.5. The van der Waals surface area contributed by atoms with Gasteiger partial charge in [0.15, 0.2) is 0 Å². The van der Waals surface area contributed by atoms with E-state index in [2.05, 4.69) is 15.3 Å². The first-order valence-corrected chi connectivity index (χ1v) is 6.03. The fourth-order valence-corrected chi connectivity index (χ4v) is 1.71. The van der Waals surface area contributed by atoms with E-state index in [0.29, 0.717) is 19.4 Å². The molecule has 1 aromatic carbocycles. The van der Waals surface area contributed by atoms with Crippen molar-refractivity contribution in [2.45, 2.75) is 25.9 Å². The van der Waals surface area contributed by atoms with Crippen LogP contribution in [0.1, 0.15) is 19.2 Å². The molecular formula is C13H17N3O2. The Hall–Kier alpha value is -1.88. The van der Waals surface area contributed by atoms with E-state index in [1.165, 1.54) is 0 Å². The Morgan fingerprint density at radius 1 is 1.50 bits per heavy atom. The third-order valence-electron chi connectivity index (χ3n) is 2.62. The molecule has 0 aliphatic heterocycles. The number of carbonyl (C=O) groups is 1. The highest BCUT2D eigenvalue weighted by atomic mass is 16.3. The molecule has 96 valence electrons. The molecule has 0 fully saturated rings. The molecule has 1 heterocycles. The standard InChI is InChI=1S/C13H17N3O2/c1-9(17)8-14-13(18)7-6-12-15-10-4-2-3-5-11(10)16-12/h2-5,9,17H,6-8H2,1H3,(H,14,18)(H,15,16)/t9-/m0/s1. The lowest BCUT2D eigenvalue weighted by molar-refractivity contribution is -0.121.